The Kier molecular flexibility index (Phi) is 4.67. The van der Waals surface area contributed by atoms with E-state index in [0.717, 1.165) is 24.5 Å². The molecule has 3 rings (SSSR count). The molecule has 0 radical (unpaired) electrons. The van der Waals surface area contributed by atoms with Crippen molar-refractivity contribution in [3.63, 3.8) is 0 Å². The summed E-state index contributed by atoms with van der Waals surface area (Å²) in [7, 11) is 3.38. The molecule has 0 spiro atoms. The van der Waals surface area contributed by atoms with Gasteiger partial charge in [-0.05, 0) is 53.4 Å². The topological polar surface area (TPSA) is 23.4 Å². The van der Waals surface area contributed by atoms with Gasteiger partial charge in [0.05, 0.1) is 14.2 Å². The molecule has 2 aromatic carbocycles. The van der Waals surface area contributed by atoms with Crippen LogP contribution in [0.3, 0.4) is 0 Å². The minimum absolute atomic E-state index is 0.882. The number of nitrogens with zero attached hydrogens (tertiary/aromatic N) is 1. The maximum Gasteiger partial charge on any atom is 0.118 e. The second kappa shape index (κ2) is 7.05. The minimum Gasteiger partial charge on any atom is -0.497 e. The van der Waals surface area contributed by atoms with E-state index in [1.807, 2.05) is 24.3 Å². The highest BCUT2D eigenvalue weighted by Crippen LogP contribution is 2.23. The quantitative estimate of drug-likeness (QED) is 0.673. The molecule has 0 atom stereocenters. The van der Waals surface area contributed by atoms with Gasteiger partial charge in [-0.2, -0.15) is 0 Å². The van der Waals surface area contributed by atoms with E-state index in [1.54, 1.807) is 14.2 Å². The van der Waals surface area contributed by atoms with Crippen LogP contribution in [0, 0.1) is 0 Å². The molecule has 0 unspecified atom stereocenters. The lowest BCUT2D eigenvalue weighted by atomic mass is 10.1. The maximum atomic E-state index is 5.20. The van der Waals surface area contributed by atoms with Crippen molar-refractivity contribution < 1.29 is 9.47 Å². The Morgan fingerprint density at radius 3 is 1.96 bits per heavy atom. The second-order valence-corrected chi connectivity index (χ2v) is 5.46. The van der Waals surface area contributed by atoms with Crippen LogP contribution in [0.2, 0.25) is 0 Å². The lowest BCUT2D eigenvalue weighted by molar-refractivity contribution is 0.414. The molecule has 23 heavy (non-hydrogen) atoms. The Hall–Kier alpha value is -2.68. The van der Waals surface area contributed by atoms with Gasteiger partial charge in [-0.1, -0.05) is 24.3 Å². The summed E-state index contributed by atoms with van der Waals surface area (Å²) in [6.45, 7) is 0.961. The average Bonchev–Trinajstić information content (AvgIpc) is 3.09. The van der Waals surface area contributed by atoms with Crippen molar-refractivity contribution in [2.45, 2.75) is 13.0 Å². The molecule has 0 aliphatic rings. The van der Waals surface area contributed by atoms with Gasteiger partial charge in [-0.15, -0.1) is 0 Å². The lowest BCUT2D eigenvalue weighted by Gasteiger charge is -2.05. The normalized spacial score (nSPS) is 10.5. The number of aromatic nitrogens is 1. The average molecular weight is 307 g/mol. The van der Waals surface area contributed by atoms with Crippen LogP contribution < -0.4 is 9.47 Å². The van der Waals surface area contributed by atoms with Crippen LogP contribution in [0.25, 0.3) is 11.1 Å². The zero-order chi connectivity index (χ0) is 16.1. The first kappa shape index (κ1) is 15.2. The van der Waals surface area contributed by atoms with E-state index in [2.05, 4.69) is 47.3 Å². The highest BCUT2D eigenvalue weighted by molar-refractivity contribution is 5.63. The van der Waals surface area contributed by atoms with Gasteiger partial charge in [-0.3, -0.25) is 0 Å². The van der Waals surface area contributed by atoms with Gasteiger partial charge in [0.15, 0.2) is 0 Å². The summed E-state index contributed by atoms with van der Waals surface area (Å²) in [5.41, 5.74) is 3.74. The fraction of sp³-hybridized carbons (Fsp3) is 0.200. The molecular formula is C20H21NO2. The molecule has 0 fully saturated rings. The molecule has 3 aromatic rings. The summed E-state index contributed by atoms with van der Waals surface area (Å²) in [6, 6.07) is 18.6. The molecule has 0 amide bonds. The fourth-order valence-corrected chi connectivity index (χ4v) is 2.58. The second-order valence-electron chi connectivity index (χ2n) is 5.46. The van der Waals surface area contributed by atoms with Crippen molar-refractivity contribution in [2.75, 3.05) is 14.2 Å². The van der Waals surface area contributed by atoms with E-state index in [-0.39, 0.29) is 0 Å². The van der Waals surface area contributed by atoms with Gasteiger partial charge in [0, 0.05) is 18.9 Å². The van der Waals surface area contributed by atoms with E-state index in [0.29, 0.717) is 0 Å². The molecule has 3 heteroatoms. The van der Waals surface area contributed by atoms with Crippen molar-refractivity contribution in [1.29, 1.82) is 0 Å². The number of benzene rings is 2. The summed E-state index contributed by atoms with van der Waals surface area (Å²) in [4.78, 5) is 0. The van der Waals surface area contributed by atoms with Gasteiger partial charge in [0.2, 0.25) is 0 Å². The molecule has 0 bridgehead atoms. The molecule has 0 N–H and O–H groups in total. The molecule has 118 valence electrons. The third kappa shape index (κ3) is 3.75. The minimum atomic E-state index is 0.882. The van der Waals surface area contributed by atoms with Crippen LogP contribution in [-0.2, 0) is 13.0 Å². The molecule has 0 aliphatic heterocycles. The SMILES string of the molecule is COc1ccc(CCn2ccc(-c3ccc(OC)cc3)c2)cc1. The van der Waals surface area contributed by atoms with Crippen LogP contribution in [0.4, 0.5) is 0 Å². The number of rotatable bonds is 6. The summed E-state index contributed by atoms with van der Waals surface area (Å²) in [5.74, 6) is 1.78. The van der Waals surface area contributed by atoms with Gasteiger partial charge >= 0.3 is 0 Å². The van der Waals surface area contributed by atoms with E-state index in [1.165, 1.54) is 16.7 Å². The summed E-state index contributed by atoms with van der Waals surface area (Å²) in [6.07, 6.45) is 5.31. The number of methoxy groups -OCH3 is 2. The predicted octanol–water partition coefficient (Wildman–Crippen LogP) is 4.42. The molecule has 0 saturated carbocycles. The van der Waals surface area contributed by atoms with Gasteiger partial charge in [-0.25, -0.2) is 0 Å². The Morgan fingerprint density at radius 2 is 1.35 bits per heavy atom. The van der Waals surface area contributed by atoms with Crippen molar-refractivity contribution in [3.8, 4) is 22.6 Å². The van der Waals surface area contributed by atoms with E-state index in [4.69, 9.17) is 9.47 Å². The first-order valence-corrected chi connectivity index (χ1v) is 7.71. The Labute approximate surface area is 137 Å². The first-order valence-electron chi connectivity index (χ1n) is 7.71. The third-order valence-corrected chi connectivity index (χ3v) is 3.99. The van der Waals surface area contributed by atoms with Gasteiger partial charge in [0.1, 0.15) is 11.5 Å². The zero-order valence-corrected chi connectivity index (χ0v) is 13.5. The number of aryl methyl sites for hydroxylation is 2. The standard InChI is InChI=1S/C20H21NO2/c1-22-19-7-3-16(4-8-19)11-13-21-14-12-18(15-21)17-5-9-20(23-2)10-6-17/h3-10,12,14-15H,11,13H2,1-2H3. The van der Waals surface area contributed by atoms with Crippen LogP contribution >= 0.6 is 0 Å². The molecular weight excluding hydrogens is 286 g/mol. The monoisotopic (exact) mass is 307 g/mol. The van der Waals surface area contributed by atoms with Crippen LogP contribution in [0.1, 0.15) is 5.56 Å². The summed E-state index contributed by atoms with van der Waals surface area (Å²) >= 11 is 0. The molecule has 0 saturated heterocycles. The molecule has 3 nitrogen and oxygen atoms in total. The zero-order valence-electron chi connectivity index (χ0n) is 13.5. The molecule has 1 aromatic heterocycles. The fourth-order valence-electron chi connectivity index (χ4n) is 2.58. The number of hydrogen-bond acceptors (Lipinski definition) is 2. The van der Waals surface area contributed by atoms with E-state index in [9.17, 15) is 0 Å². The van der Waals surface area contributed by atoms with Crippen LogP contribution in [0.15, 0.2) is 67.0 Å². The van der Waals surface area contributed by atoms with Crippen molar-refractivity contribution in [2.24, 2.45) is 0 Å². The highest BCUT2D eigenvalue weighted by Gasteiger charge is 2.02. The Morgan fingerprint density at radius 1 is 0.739 bits per heavy atom. The molecule has 0 aliphatic carbocycles. The first-order chi connectivity index (χ1) is 11.3. The summed E-state index contributed by atoms with van der Waals surface area (Å²) in [5, 5.41) is 0. The molecule has 1 heterocycles. The predicted molar refractivity (Wildman–Crippen MR) is 93.1 cm³/mol. The number of hydrogen-bond donors (Lipinski definition) is 0. The van der Waals surface area contributed by atoms with Crippen LogP contribution in [0.5, 0.6) is 11.5 Å². The van der Waals surface area contributed by atoms with Gasteiger partial charge < -0.3 is 14.0 Å². The Balaban J connectivity index is 1.64. The van der Waals surface area contributed by atoms with Gasteiger partial charge in [0.25, 0.3) is 0 Å². The highest BCUT2D eigenvalue weighted by atomic mass is 16.5. The van der Waals surface area contributed by atoms with E-state index >= 15 is 0 Å². The smallest absolute Gasteiger partial charge is 0.118 e. The Bertz CT molecular complexity index is 742. The van der Waals surface area contributed by atoms with Crippen molar-refractivity contribution in [1.82, 2.24) is 4.57 Å². The lowest BCUT2D eigenvalue weighted by Crippen LogP contribution is -1.98. The third-order valence-electron chi connectivity index (χ3n) is 3.99. The largest absolute Gasteiger partial charge is 0.497 e. The van der Waals surface area contributed by atoms with E-state index < -0.39 is 0 Å². The maximum absolute atomic E-state index is 5.20. The van der Waals surface area contributed by atoms with Crippen molar-refractivity contribution in [3.05, 3.63) is 72.6 Å². The number of ether oxygens (including phenoxy) is 2. The summed E-state index contributed by atoms with van der Waals surface area (Å²) < 4.78 is 12.6. The van der Waals surface area contributed by atoms with Crippen LogP contribution in [-0.4, -0.2) is 18.8 Å². The van der Waals surface area contributed by atoms with Crippen molar-refractivity contribution >= 4 is 0 Å².